The summed E-state index contributed by atoms with van der Waals surface area (Å²) in [7, 11) is 0. The Balaban J connectivity index is 1.48. The summed E-state index contributed by atoms with van der Waals surface area (Å²) in [5.41, 5.74) is 4.99. The molecule has 0 spiro atoms. The van der Waals surface area contributed by atoms with E-state index in [-0.39, 0.29) is 18.0 Å². The summed E-state index contributed by atoms with van der Waals surface area (Å²) in [6.45, 7) is 4.42. The number of benzene rings is 3. The second kappa shape index (κ2) is 9.16. The molecule has 34 heavy (non-hydrogen) atoms. The number of aromatic nitrogens is 2. The number of hydrogen-bond donors (Lipinski definition) is 1. The molecule has 7 heteroatoms. The molecule has 1 unspecified atom stereocenters. The Kier molecular flexibility index (Phi) is 6.07. The monoisotopic (exact) mass is 491 g/mol. The van der Waals surface area contributed by atoms with Crippen LogP contribution in [0.15, 0.2) is 72.8 Å². The number of nitrogens with zero attached hydrogens (tertiary/aromatic N) is 2. The zero-order chi connectivity index (χ0) is 23.8. The van der Waals surface area contributed by atoms with Crippen LogP contribution in [0, 0.1) is 0 Å². The van der Waals surface area contributed by atoms with Gasteiger partial charge in [-0.15, -0.1) is 0 Å². The summed E-state index contributed by atoms with van der Waals surface area (Å²) in [4.78, 5) is 15.2. The van der Waals surface area contributed by atoms with Gasteiger partial charge in [-0.1, -0.05) is 65.7 Å². The van der Waals surface area contributed by atoms with Crippen molar-refractivity contribution in [1.29, 1.82) is 0 Å². The zero-order valence-corrected chi connectivity index (χ0v) is 20.3. The van der Waals surface area contributed by atoms with Crippen molar-refractivity contribution in [2.45, 2.75) is 32.5 Å². The molecule has 1 atom stereocenters. The number of H-pyrrole nitrogens is 1. The van der Waals surface area contributed by atoms with Gasteiger partial charge in [0, 0.05) is 32.8 Å². The van der Waals surface area contributed by atoms with Gasteiger partial charge in [0.15, 0.2) is 0 Å². The van der Waals surface area contributed by atoms with E-state index in [4.69, 9.17) is 27.9 Å². The van der Waals surface area contributed by atoms with Crippen molar-refractivity contribution < 1.29 is 9.53 Å². The molecule has 5 nitrogen and oxygen atoms in total. The first kappa shape index (κ1) is 22.5. The molecule has 0 bridgehead atoms. The Morgan fingerprint density at radius 3 is 2.38 bits per heavy atom. The smallest absolute Gasteiger partial charge is 0.273 e. The molecule has 2 heterocycles. The Morgan fingerprint density at radius 2 is 1.71 bits per heavy atom. The first-order chi connectivity index (χ1) is 16.4. The Hall–Kier alpha value is -3.28. The SMILES string of the molecule is CC(C)N1C(=O)c2[nH]nc(-c3ccc(Cl)cc3)c2C1c1ccc(OCc2ccccc2Cl)cc1. The molecular weight excluding hydrogens is 469 g/mol. The van der Waals surface area contributed by atoms with Crippen LogP contribution in [0.5, 0.6) is 5.75 Å². The number of hydrogen-bond acceptors (Lipinski definition) is 3. The number of carbonyl (C=O) groups excluding carboxylic acids is 1. The first-order valence-corrected chi connectivity index (χ1v) is 11.8. The highest BCUT2D eigenvalue weighted by molar-refractivity contribution is 6.31. The van der Waals surface area contributed by atoms with Crippen molar-refractivity contribution in [3.8, 4) is 17.0 Å². The minimum atomic E-state index is -0.260. The van der Waals surface area contributed by atoms with Gasteiger partial charge < -0.3 is 9.64 Å². The first-order valence-electron chi connectivity index (χ1n) is 11.1. The summed E-state index contributed by atoms with van der Waals surface area (Å²) in [5.74, 6) is 0.677. The van der Waals surface area contributed by atoms with Crippen LogP contribution < -0.4 is 4.74 Å². The molecule has 3 aromatic carbocycles. The van der Waals surface area contributed by atoms with E-state index in [1.54, 1.807) is 0 Å². The van der Waals surface area contributed by atoms with E-state index in [1.807, 2.05) is 91.5 Å². The molecule has 0 aliphatic carbocycles. The van der Waals surface area contributed by atoms with Crippen LogP contribution in [0.25, 0.3) is 11.3 Å². The van der Waals surface area contributed by atoms with Gasteiger partial charge in [-0.3, -0.25) is 9.89 Å². The van der Waals surface area contributed by atoms with Gasteiger partial charge in [-0.05, 0) is 49.7 Å². The van der Waals surface area contributed by atoms with E-state index in [0.717, 1.165) is 33.7 Å². The van der Waals surface area contributed by atoms with Crippen molar-refractivity contribution in [3.63, 3.8) is 0 Å². The Morgan fingerprint density at radius 1 is 1.00 bits per heavy atom. The minimum Gasteiger partial charge on any atom is -0.489 e. The number of carbonyl (C=O) groups is 1. The average molecular weight is 492 g/mol. The summed E-state index contributed by atoms with van der Waals surface area (Å²) >= 11 is 12.3. The van der Waals surface area contributed by atoms with Crippen molar-refractivity contribution >= 4 is 29.1 Å². The third-order valence-corrected chi connectivity index (χ3v) is 6.65. The molecule has 0 saturated heterocycles. The van der Waals surface area contributed by atoms with Crippen LogP contribution in [0.3, 0.4) is 0 Å². The van der Waals surface area contributed by atoms with Gasteiger partial charge in [-0.2, -0.15) is 5.10 Å². The van der Waals surface area contributed by atoms with Gasteiger partial charge in [0.05, 0.1) is 11.7 Å². The lowest BCUT2D eigenvalue weighted by Crippen LogP contribution is -2.35. The second-order valence-corrected chi connectivity index (χ2v) is 9.37. The number of rotatable bonds is 6. The standard InChI is InChI=1S/C27H23Cl2N3O2/c1-16(2)32-26(18-9-13-21(14-10-18)34-15-19-5-3-4-6-22(19)29)23-24(30-31-25(23)27(32)33)17-7-11-20(28)12-8-17/h3-14,16,26H,15H2,1-2H3,(H,30,31). The fourth-order valence-corrected chi connectivity index (χ4v) is 4.69. The van der Waals surface area contributed by atoms with Crippen LogP contribution in [0.2, 0.25) is 10.0 Å². The van der Waals surface area contributed by atoms with Crippen molar-refractivity contribution in [2.24, 2.45) is 0 Å². The highest BCUT2D eigenvalue weighted by Gasteiger charge is 2.43. The Labute approximate surface area is 208 Å². The van der Waals surface area contributed by atoms with Crippen molar-refractivity contribution in [2.75, 3.05) is 0 Å². The lowest BCUT2D eigenvalue weighted by molar-refractivity contribution is 0.0688. The fraction of sp³-hybridized carbons (Fsp3) is 0.185. The van der Waals surface area contributed by atoms with Crippen LogP contribution >= 0.6 is 23.2 Å². The summed E-state index contributed by atoms with van der Waals surface area (Å²) in [6.07, 6.45) is 0. The number of nitrogens with one attached hydrogen (secondary N) is 1. The molecule has 172 valence electrons. The van der Waals surface area contributed by atoms with Gasteiger partial charge in [0.25, 0.3) is 5.91 Å². The predicted molar refractivity (Wildman–Crippen MR) is 134 cm³/mol. The van der Waals surface area contributed by atoms with Crippen LogP contribution in [0.4, 0.5) is 0 Å². The maximum atomic E-state index is 13.3. The van der Waals surface area contributed by atoms with Gasteiger partial charge in [-0.25, -0.2) is 0 Å². The van der Waals surface area contributed by atoms with Crippen LogP contribution in [-0.4, -0.2) is 27.0 Å². The van der Waals surface area contributed by atoms with Crippen LogP contribution in [0.1, 0.15) is 47.1 Å². The normalized spacial score (nSPS) is 15.1. The largest absolute Gasteiger partial charge is 0.489 e. The molecule has 1 amide bonds. The number of fused-ring (bicyclic) bond motifs is 1. The predicted octanol–water partition coefficient (Wildman–Crippen LogP) is 6.92. The summed E-state index contributed by atoms with van der Waals surface area (Å²) in [6, 6.07) is 22.7. The molecule has 5 rings (SSSR count). The Bertz CT molecular complexity index is 1330. The topological polar surface area (TPSA) is 58.2 Å². The molecule has 0 fully saturated rings. The highest BCUT2D eigenvalue weighted by Crippen LogP contribution is 2.44. The highest BCUT2D eigenvalue weighted by atomic mass is 35.5. The molecule has 1 aliphatic heterocycles. The minimum absolute atomic E-state index is 0.00696. The molecule has 1 aromatic heterocycles. The molecule has 1 aliphatic rings. The summed E-state index contributed by atoms with van der Waals surface area (Å²) in [5, 5.41) is 8.80. The van der Waals surface area contributed by atoms with Crippen LogP contribution in [-0.2, 0) is 6.61 Å². The van der Waals surface area contributed by atoms with Crippen molar-refractivity contribution in [1.82, 2.24) is 15.1 Å². The third-order valence-electron chi connectivity index (χ3n) is 6.03. The lowest BCUT2D eigenvalue weighted by atomic mass is 9.95. The van der Waals surface area contributed by atoms with E-state index < -0.39 is 0 Å². The zero-order valence-electron chi connectivity index (χ0n) is 18.8. The summed E-state index contributed by atoms with van der Waals surface area (Å²) < 4.78 is 5.95. The van der Waals surface area contributed by atoms with Gasteiger partial charge in [0.2, 0.25) is 0 Å². The van der Waals surface area contributed by atoms with E-state index in [0.29, 0.717) is 22.3 Å². The second-order valence-electron chi connectivity index (χ2n) is 8.53. The van der Waals surface area contributed by atoms with E-state index in [9.17, 15) is 4.79 Å². The number of halogens is 2. The number of aromatic amines is 1. The number of amides is 1. The van der Waals surface area contributed by atoms with E-state index >= 15 is 0 Å². The van der Waals surface area contributed by atoms with Gasteiger partial charge in [0.1, 0.15) is 18.1 Å². The quantitative estimate of drug-likeness (QED) is 0.318. The molecule has 0 radical (unpaired) electrons. The van der Waals surface area contributed by atoms with E-state index in [2.05, 4.69) is 10.2 Å². The van der Waals surface area contributed by atoms with E-state index in [1.165, 1.54) is 0 Å². The fourth-order valence-electron chi connectivity index (χ4n) is 4.38. The van der Waals surface area contributed by atoms with Crippen molar-refractivity contribution in [3.05, 3.63) is 105 Å². The lowest BCUT2D eigenvalue weighted by Gasteiger charge is -2.30. The molecular formula is C27H23Cl2N3O2. The molecule has 4 aromatic rings. The van der Waals surface area contributed by atoms with Gasteiger partial charge >= 0.3 is 0 Å². The molecule has 0 saturated carbocycles. The number of ether oxygens (including phenoxy) is 1. The maximum absolute atomic E-state index is 13.3. The third kappa shape index (κ3) is 4.06. The molecule has 1 N–H and O–H groups in total. The average Bonchev–Trinajstić information content (AvgIpc) is 3.38. The maximum Gasteiger partial charge on any atom is 0.273 e.